The first-order valence-electron chi connectivity index (χ1n) is 16.8. The molecule has 5 aliphatic rings. The summed E-state index contributed by atoms with van der Waals surface area (Å²) in [6.07, 6.45) is 11.5. The molecule has 1 saturated heterocycles. The normalized spacial score (nSPS) is 29.2. The van der Waals surface area contributed by atoms with Gasteiger partial charge in [-0.2, -0.15) is 0 Å². The number of carbonyl (C=O) groups excluding carboxylic acids is 2. The Hall–Kier alpha value is -3.82. The van der Waals surface area contributed by atoms with Gasteiger partial charge in [-0.15, -0.1) is 0 Å². The summed E-state index contributed by atoms with van der Waals surface area (Å²) in [5, 5.41) is 11.2. The first-order chi connectivity index (χ1) is 22.0. The fourth-order valence-corrected chi connectivity index (χ4v) is 8.91. The van der Waals surface area contributed by atoms with Gasteiger partial charge in [0.25, 0.3) is 0 Å². The van der Waals surface area contributed by atoms with Gasteiger partial charge >= 0.3 is 11.9 Å². The molecular weight excluding hydrogens is 576 g/mol. The minimum absolute atomic E-state index is 0.185. The Balaban J connectivity index is 0.969. The number of aliphatic hydroxyl groups is 1. The number of ether oxygens (including phenoxy) is 2. The number of aryl methyl sites for hydroxylation is 1. The van der Waals surface area contributed by atoms with E-state index in [4.69, 9.17) is 13.9 Å². The van der Waals surface area contributed by atoms with E-state index in [1.165, 1.54) is 44.1 Å². The highest BCUT2D eigenvalue weighted by Crippen LogP contribution is 2.61. The summed E-state index contributed by atoms with van der Waals surface area (Å²) in [6.45, 7) is 5.08. The lowest BCUT2D eigenvalue weighted by Crippen LogP contribution is -2.45. The molecule has 4 saturated carbocycles. The van der Waals surface area contributed by atoms with Crippen molar-refractivity contribution < 1.29 is 28.6 Å². The number of hydrogen-bond donors (Lipinski definition) is 1. The molecule has 1 N–H and O–H groups in total. The van der Waals surface area contributed by atoms with Crippen molar-refractivity contribution in [3.8, 4) is 11.8 Å². The van der Waals surface area contributed by atoms with Crippen molar-refractivity contribution in [3.63, 3.8) is 0 Å². The second-order valence-electron chi connectivity index (χ2n) is 15.5. The second kappa shape index (κ2) is 11.8. The molecule has 0 radical (unpaired) electrons. The van der Waals surface area contributed by atoms with Gasteiger partial charge in [-0.25, -0.2) is 4.79 Å². The molecule has 1 aliphatic heterocycles. The minimum atomic E-state index is -1.24. The number of allylic oxidation sites excluding steroid dienone is 1. The van der Waals surface area contributed by atoms with Crippen molar-refractivity contribution in [2.45, 2.75) is 84.2 Å². The lowest BCUT2D eigenvalue weighted by atomic mass is 9.49. The monoisotopic (exact) mass is 620 g/mol. The van der Waals surface area contributed by atoms with Crippen LogP contribution in [0, 0.1) is 47.3 Å². The number of carbonyl (C=O) groups is 2. The number of fused-ring (bicyclic) bond motifs is 1. The van der Waals surface area contributed by atoms with Crippen LogP contribution < -0.4 is 0 Å². The van der Waals surface area contributed by atoms with E-state index in [9.17, 15) is 14.7 Å². The van der Waals surface area contributed by atoms with E-state index in [0.29, 0.717) is 23.2 Å². The van der Waals surface area contributed by atoms with Crippen molar-refractivity contribution in [3.05, 3.63) is 82.6 Å². The third-order valence-electron chi connectivity index (χ3n) is 10.9. The molecule has 8 rings (SSSR count). The van der Waals surface area contributed by atoms with Crippen LogP contribution in [0.3, 0.4) is 0 Å². The van der Waals surface area contributed by atoms with Crippen LogP contribution in [0.2, 0.25) is 0 Å². The molecule has 6 nitrogen and oxygen atoms in total. The zero-order valence-corrected chi connectivity index (χ0v) is 27.2. The maximum absolute atomic E-state index is 13.3. The number of furan rings is 1. The molecule has 4 bridgehead atoms. The average Bonchev–Trinajstić information content (AvgIpc) is 3.56. The predicted octanol–water partition coefficient (Wildman–Crippen LogP) is 7.46. The standard InChI is InChI=1S/C40H44O6/c1-26-4-6-27(7-5-26)8-9-28-10-11-35-33(17-28)18-34(45-35)23-38(2,3)37(43)44-25-40(24-41)22-32(36(42)46-40)12-13-39-19-29-14-30(20-39)16-31(15-29)21-39/h4-7,10-12,17-18,29-31,41H,13-16,19-25H2,1-3H3/b32-12+/t29?,30?,31?,39?,40-/m1/s1. The van der Waals surface area contributed by atoms with E-state index in [2.05, 4.69) is 24.8 Å². The van der Waals surface area contributed by atoms with Gasteiger partial charge in [-0.1, -0.05) is 35.6 Å². The molecule has 2 heterocycles. The summed E-state index contributed by atoms with van der Waals surface area (Å²) in [4.78, 5) is 26.2. The molecule has 5 fully saturated rings. The number of rotatable bonds is 8. The Labute approximate surface area is 271 Å². The van der Waals surface area contributed by atoms with Gasteiger partial charge in [0, 0.05) is 34.9 Å². The molecule has 0 amide bonds. The van der Waals surface area contributed by atoms with Gasteiger partial charge in [-0.05, 0) is 125 Å². The van der Waals surface area contributed by atoms with Gasteiger partial charge < -0.3 is 19.0 Å². The van der Waals surface area contributed by atoms with Gasteiger partial charge in [0.2, 0.25) is 0 Å². The van der Waals surface area contributed by atoms with Crippen molar-refractivity contribution >= 4 is 22.9 Å². The van der Waals surface area contributed by atoms with Crippen molar-refractivity contribution in [1.29, 1.82) is 0 Å². The summed E-state index contributed by atoms with van der Waals surface area (Å²) < 4.78 is 17.5. The van der Waals surface area contributed by atoms with E-state index >= 15 is 0 Å². The quantitative estimate of drug-likeness (QED) is 0.160. The smallest absolute Gasteiger partial charge is 0.334 e. The van der Waals surface area contributed by atoms with Crippen molar-refractivity contribution in [2.24, 2.45) is 28.6 Å². The molecule has 4 aliphatic carbocycles. The Morgan fingerprint density at radius 1 is 1.00 bits per heavy atom. The first kappa shape index (κ1) is 30.8. The van der Waals surface area contributed by atoms with E-state index in [0.717, 1.165) is 46.3 Å². The van der Waals surface area contributed by atoms with Gasteiger partial charge in [0.05, 0.1) is 12.0 Å². The van der Waals surface area contributed by atoms with Crippen LogP contribution >= 0.6 is 0 Å². The topological polar surface area (TPSA) is 86.0 Å². The summed E-state index contributed by atoms with van der Waals surface area (Å²) in [5.41, 5.74) is 2.53. The molecule has 240 valence electrons. The third kappa shape index (κ3) is 6.27. The van der Waals surface area contributed by atoms with Gasteiger partial charge in [0.15, 0.2) is 5.60 Å². The highest BCUT2D eigenvalue weighted by molar-refractivity contribution is 5.91. The third-order valence-corrected chi connectivity index (χ3v) is 10.9. The van der Waals surface area contributed by atoms with Crippen LogP contribution in [-0.2, 0) is 25.5 Å². The zero-order chi connectivity index (χ0) is 32.1. The average molecular weight is 621 g/mol. The Bertz CT molecular complexity index is 1710. The fraction of sp³-hybridized carbons (Fsp3) is 0.500. The number of aliphatic hydroxyl groups excluding tert-OH is 1. The van der Waals surface area contributed by atoms with E-state index in [1.54, 1.807) is 0 Å². The lowest BCUT2D eigenvalue weighted by molar-refractivity contribution is -0.172. The zero-order valence-electron chi connectivity index (χ0n) is 27.2. The van der Waals surface area contributed by atoms with Crippen molar-refractivity contribution in [1.82, 2.24) is 0 Å². The van der Waals surface area contributed by atoms with E-state index < -0.39 is 29.6 Å². The second-order valence-corrected chi connectivity index (χ2v) is 15.5. The number of cyclic esters (lactones) is 1. The van der Waals surface area contributed by atoms with Gasteiger partial charge in [-0.3, -0.25) is 4.79 Å². The Kier molecular flexibility index (Phi) is 7.88. The number of benzene rings is 2. The molecule has 6 heteroatoms. The summed E-state index contributed by atoms with van der Waals surface area (Å²) in [7, 11) is 0. The summed E-state index contributed by atoms with van der Waals surface area (Å²) >= 11 is 0. The summed E-state index contributed by atoms with van der Waals surface area (Å²) in [5.74, 6) is 8.79. The maximum atomic E-state index is 13.3. The molecule has 3 aromatic rings. The maximum Gasteiger partial charge on any atom is 0.334 e. The van der Waals surface area contributed by atoms with Gasteiger partial charge in [0.1, 0.15) is 18.0 Å². The van der Waals surface area contributed by atoms with Crippen LogP contribution in [0.4, 0.5) is 0 Å². The molecule has 0 spiro atoms. The highest BCUT2D eigenvalue weighted by atomic mass is 16.6. The molecule has 1 atom stereocenters. The fourth-order valence-electron chi connectivity index (χ4n) is 8.91. The summed E-state index contributed by atoms with van der Waals surface area (Å²) in [6, 6.07) is 15.9. The lowest BCUT2D eigenvalue weighted by Gasteiger charge is -2.56. The number of hydrogen-bond acceptors (Lipinski definition) is 6. The van der Waals surface area contributed by atoms with E-state index in [1.807, 2.05) is 62.4 Å². The molecule has 0 unspecified atom stereocenters. The van der Waals surface area contributed by atoms with Crippen LogP contribution in [0.25, 0.3) is 11.0 Å². The Morgan fingerprint density at radius 3 is 2.33 bits per heavy atom. The Morgan fingerprint density at radius 2 is 1.65 bits per heavy atom. The molecule has 2 aromatic carbocycles. The molecular formula is C40H44O6. The first-order valence-corrected chi connectivity index (χ1v) is 16.8. The number of esters is 2. The highest BCUT2D eigenvalue weighted by Gasteiger charge is 2.51. The predicted molar refractivity (Wildman–Crippen MR) is 176 cm³/mol. The molecule has 46 heavy (non-hydrogen) atoms. The van der Waals surface area contributed by atoms with Crippen molar-refractivity contribution in [2.75, 3.05) is 13.2 Å². The van der Waals surface area contributed by atoms with E-state index in [-0.39, 0.29) is 13.0 Å². The minimum Gasteiger partial charge on any atom is -0.461 e. The SMILES string of the molecule is Cc1ccc(C#Cc2ccc3oc(CC(C)(C)C(=O)OC[C@]4(CO)C/C(=C\CC56CC7CC(CC(C7)C5)C6)C(=O)O4)cc3c2)cc1. The van der Waals surface area contributed by atoms with Crippen LogP contribution in [0.15, 0.2) is 64.6 Å². The van der Waals surface area contributed by atoms with Crippen LogP contribution in [0.1, 0.15) is 87.7 Å². The molecule has 1 aromatic heterocycles. The largest absolute Gasteiger partial charge is 0.461 e. The van der Waals surface area contributed by atoms with Crippen LogP contribution in [-0.4, -0.2) is 35.9 Å². The van der Waals surface area contributed by atoms with Crippen LogP contribution in [0.5, 0.6) is 0 Å².